The van der Waals surface area contributed by atoms with Gasteiger partial charge in [-0.1, -0.05) is 23.2 Å². The average Bonchev–Trinajstić information content (AvgIpc) is 2.37. The van der Waals surface area contributed by atoms with Crippen LogP contribution in [0.25, 0.3) is 0 Å². The minimum absolute atomic E-state index is 0.0463. The molecule has 0 aliphatic carbocycles. The molecule has 1 unspecified atom stereocenters. The molecule has 1 saturated heterocycles. The second-order valence-corrected chi connectivity index (χ2v) is 6.85. The molecule has 0 aromatic heterocycles. The van der Waals surface area contributed by atoms with E-state index in [2.05, 4.69) is 0 Å². The van der Waals surface area contributed by atoms with Gasteiger partial charge in [-0.3, -0.25) is 0 Å². The van der Waals surface area contributed by atoms with Crippen molar-refractivity contribution in [3.05, 3.63) is 22.2 Å². The van der Waals surface area contributed by atoms with Crippen molar-refractivity contribution in [1.82, 2.24) is 4.31 Å². The number of sulfonamides is 1. The fourth-order valence-electron chi connectivity index (χ4n) is 1.88. The Hall–Kier alpha value is -1.04. The summed E-state index contributed by atoms with van der Waals surface area (Å²) in [6.07, 6.45) is -0.801. The van der Waals surface area contributed by atoms with E-state index in [9.17, 15) is 8.42 Å². The van der Waals surface area contributed by atoms with Crippen LogP contribution in [-0.2, 0) is 14.8 Å². The maximum Gasteiger partial charge on any atom is 0.246 e. The molecule has 2 N–H and O–H groups in total. The van der Waals surface area contributed by atoms with Gasteiger partial charge in [0.1, 0.15) is 4.90 Å². The van der Waals surface area contributed by atoms with E-state index in [0.717, 1.165) is 4.31 Å². The third-order valence-corrected chi connectivity index (χ3v) is 5.58. The fourth-order valence-corrected chi connectivity index (χ4v) is 4.48. The minimum Gasteiger partial charge on any atom is -0.399 e. The van der Waals surface area contributed by atoms with Crippen molar-refractivity contribution < 1.29 is 13.2 Å². The first-order chi connectivity index (χ1) is 9.36. The summed E-state index contributed by atoms with van der Waals surface area (Å²) >= 11 is 11.9. The highest BCUT2D eigenvalue weighted by atomic mass is 35.5. The lowest BCUT2D eigenvalue weighted by Gasteiger charge is -2.29. The quantitative estimate of drug-likeness (QED) is 0.826. The lowest BCUT2D eigenvalue weighted by molar-refractivity contribution is 0.0311. The summed E-state index contributed by atoms with van der Waals surface area (Å²) in [5, 5.41) is 8.73. The summed E-state index contributed by atoms with van der Waals surface area (Å²) in [6, 6.07) is 4.53. The van der Waals surface area contributed by atoms with E-state index in [1.165, 1.54) is 12.1 Å². The van der Waals surface area contributed by atoms with E-state index >= 15 is 0 Å². The maximum absolute atomic E-state index is 12.6. The van der Waals surface area contributed by atoms with Crippen molar-refractivity contribution in [2.75, 3.05) is 25.4 Å². The van der Waals surface area contributed by atoms with Crippen molar-refractivity contribution in [3.63, 3.8) is 0 Å². The highest BCUT2D eigenvalue weighted by Crippen LogP contribution is 2.34. The summed E-state index contributed by atoms with van der Waals surface area (Å²) in [5.74, 6) is 0. The van der Waals surface area contributed by atoms with Crippen LogP contribution < -0.4 is 5.73 Å². The molecule has 2 rings (SSSR count). The van der Waals surface area contributed by atoms with E-state index in [0.29, 0.717) is 0 Å². The number of nitriles is 1. The van der Waals surface area contributed by atoms with Crippen LogP contribution >= 0.6 is 23.2 Å². The Kier molecular flexibility index (Phi) is 4.42. The summed E-state index contributed by atoms with van der Waals surface area (Å²) in [4.78, 5) is -0.200. The zero-order valence-electron chi connectivity index (χ0n) is 10.2. The first-order valence-corrected chi connectivity index (χ1v) is 7.81. The van der Waals surface area contributed by atoms with Crippen LogP contribution in [-0.4, -0.2) is 38.5 Å². The second kappa shape index (κ2) is 5.76. The largest absolute Gasteiger partial charge is 0.399 e. The molecular formula is C11H11Cl2N3O3S. The molecule has 1 fully saturated rings. The van der Waals surface area contributed by atoms with Crippen molar-refractivity contribution in [3.8, 4) is 6.07 Å². The fraction of sp³-hybridized carbons (Fsp3) is 0.364. The molecule has 0 radical (unpaired) electrons. The van der Waals surface area contributed by atoms with Gasteiger partial charge in [0.25, 0.3) is 0 Å². The standard InChI is InChI=1S/C11H11Cl2N3O3S/c12-9-3-7(15)4-10(13)11(9)20(17,18)16-1-2-19-8(5-14)6-16/h3-4,8H,1-2,6,15H2. The zero-order chi connectivity index (χ0) is 14.9. The Labute approximate surface area is 126 Å². The number of anilines is 1. The molecular weight excluding hydrogens is 325 g/mol. The van der Waals surface area contributed by atoms with Crippen LogP contribution in [0.4, 0.5) is 5.69 Å². The summed E-state index contributed by atoms with van der Waals surface area (Å²) in [5.41, 5.74) is 5.83. The lowest BCUT2D eigenvalue weighted by Crippen LogP contribution is -2.45. The van der Waals surface area contributed by atoms with Gasteiger partial charge < -0.3 is 10.5 Å². The van der Waals surface area contributed by atoms with Gasteiger partial charge >= 0.3 is 0 Å². The monoisotopic (exact) mass is 335 g/mol. The molecule has 0 bridgehead atoms. The number of halogens is 2. The van der Waals surface area contributed by atoms with E-state index in [-0.39, 0.29) is 40.3 Å². The Morgan fingerprint density at radius 3 is 2.55 bits per heavy atom. The molecule has 1 heterocycles. The predicted octanol–water partition coefficient (Wildman–Crippen LogP) is 1.49. The van der Waals surface area contributed by atoms with Gasteiger partial charge in [0.15, 0.2) is 6.10 Å². The normalized spacial score (nSPS) is 20.6. The molecule has 0 amide bonds. The van der Waals surface area contributed by atoms with E-state index < -0.39 is 16.1 Å². The molecule has 0 saturated carbocycles. The van der Waals surface area contributed by atoms with Crippen LogP contribution in [0.2, 0.25) is 10.0 Å². The molecule has 1 aromatic carbocycles. The Balaban J connectivity index is 2.43. The van der Waals surface area contributed by atoms with Gasteiger partial charge in [-0.2, -0.15) is 9.57 Å². The van der Waals surface area contributed by atoms with Crippen LogP contribution in [0.15, 0.2) is 17.0 Å². The Morgan fingerprint density at radius 1 is 1.40 bits per heavy atom. The van der Waals surface area contributed by atoms with E-state index in [1.807, 2.05) is 6.07 Å². The first kappa shape index (κ1) is 15.4. The van der Waals surface area contributed by atoms with Crippen molar-refractivity contribution in [2.24, 2.45) is 0 Å². The minimum atomic E-state index is -3.90. The van der Waals surface area contributed by atoms with Crippen LogP contribution in [0.1, 0.15) is 0 Å². The summed E-state index contributed by atoms with van der Waals surface area (Å²) < 4.78 is 31.4. The molecule has 9 heteroatoms. The smallest absolute Gasteiger partial charge is 0.246 e. The van der Waals surface area contributed by atoms with Crippen LogP contribution in [0, 0.1) is 11.3 Å². The van der Waals surface area contributed by atoms with Crippen molar-refractivity contribution in [2.45, 2.75) is 11.0 Å². The van der Waals surface area contributed by atoms with Gasteiger partial charge in [0.2, 0.25) is 10.0 Å². The predicted molar refractivity (Wildman–Crippen MR) is 75.0 cm³/mol. The first-order valence-electron chi connectivity index (χ1n) is 5.62. The number of hydrogen-bond acceptors (Lipinski definition) is 5. The second-order valence-electron chi connectivity index (χ2n) is 4.17. The summed E-state index contributed by atoms with van der Waals surface area (Å²) in [6.45, 7) is 0.217. The molecule has 1 aromatic rings. The number of ether oxygens (including phenoxy) is 1. The van der Waals surface area contributed by atoms with Gasteiger partial charge in [-0.25, -0.2) is 8.42 Å². The molecule has 1 aliphatic heterocycles. The highest BCUT2D eigenvalue weighted by Gasteiger charge is 2.33. The third-order valence-electron chi connectivity index (χ3n) is 2.79. The molecule has 1 atom stereocenters. The lowest BCUT2D eigenvalue weighted by atomic mass is 10.3. The number of morpholine rings is 1. The Bertz CT molecular complexity index is 649. The maximum atomic E-state index is 12.6. The van der Waals surface area contributed by atoms with Crippen molar-refractivity contribution in [1.29, 1.82) is 5.26 Å². The number of nitrogens with two attached hydrogens (primary N) is 1. The van der Waals surface area contributed by atoms with Gasteiger partial charge in [0.05, 0.1) is 29.3 Å². The zero-order valence-corrected chi connectivity index (χ0v) is 12.5. The molecule has 6 nitrogen and oxygen atoms in total. The number of hydrogen-bond donors (Lipinski definition) is 1. The number of nitrogens with zero attached hydrogens (tertiary/aromatic N) is 2. The van der Waals surface area contributed by atoms with Gasteiger partial charge in [-0.05, 0) is 12.1 Å². The molecule has 1 aliphatic rings. The summed E-state index contributed by atoms with van der Waals surface area (Å²) in [7, 11) is -3.90. The highest BCUT2D eigenvalue weighted by molar-refractivity contribution is 7.89. The Morgan fingerprint density at radius 2 is 2.00 bits per heavy atom. The van der Waals surface area contributed by atoms with Crippen LogP contribution in [0.5, 0.6) is 0 Å². The van der Waals surface area contributed by atoms with Gasteiger partial charge in [-0.15, -0.1) is 0 Å². The van der Waals surface area contributed by atoms with Crippen molar-refractivity contribution >= 4 is 38.9 Å². The third kappa shape index (κ3) is 2.85. The van der Waals surface area contributed by atoms with E-state index in [4.69, 9.17) is 38.9 Å². The van der Waals surface area contributed by atoms with E-state index in [1.54, 1.807) is 0 Å². The van der Waals surface area contributed by atoms with Crippen LogP contribution in [0.3, 0.4) is 0 Å². The van der Waals surface area contributed by atoms with Gasteiger partial charge in [0, 0.05) is 12.2 Å². The SMILES string of the molecule is N#CC1CN(S(=O)(=O)c2c(Cl)cc(N)cc2Cl)CCO1. The number of rotatable bonds is 2. The number of nitrogen functional groups attached to an aromatic ring is 1. The average molecular weight is 336 g/mol. The topological polar surface area (TPSA) is 96.4 Å². The molecule has 0 spiro atoms. The molecule has 20 heavy (non-hydrogen) atoms. The molecule has 108 valence electrons. The number of benzene rings is 1.